The molecule has 1 aromatic rings. The largest absolute Gasteiger partial charge is 0.364 e. The quantitative estimate of drug-likeness (QED) is 0.584. The van der Waals surface area contributed by atoms with Gasteiger partial charge in [0, 0.05) is 71.0 Å². The van der Waals surface area contributed by atoms with Crippen molar-refractivity contribution < 1.29 is 4.52 Å². The molecular formula is C18H33N7O. The second kappa shape index (κ2) is 9.34. The van der Waals surface area contributed by atoms with E-state index in [-0.39, 0.29) is 0 Å². The molecule has 26 heavy (non-hydrogen) atoms. The van der Waals surface area contributed by atoms with E-state index < -0.39 is 0 Å². The summed E-state index contributed by atoms with van der Waals surface area (Å²) < 4.78 is 4.93. The summed E-state index contributed by atoms with van der Waals surface area (Å²) in [5.41, 5.74) is 1.00. The molecule has 0 aromatic carbocycles. The molecule has 2 fully saturated rings. The van der Waals surface area contributed by atoms with Crippen LogP contribution in [0.15, 0.2) is 21.8 Å². The van der Waals surface area contributed by atoms with Crippen LogP contribution in [-0.4, -0.2) is 110 Å². The van der Waals surface area contributed by atoms with Crippen LogP contribution in [0.4, 0.5) is 0 Å². The Balaban J connectivity index is 1.52. The van der Waals surface area contributed by atoms with Crippen LogP contribution in [0.25, 0.3) is 0 Å². The van der Waals surface area contributed by atoms with Gasteiger partial charge in [0.05, 0.1) is 12.2 Å². The van der Waals surface area contributed by atoms with Gasteiger partial charge in [-0.15, -0.1) is 0 Å². The van der Waals surface area contributed by atoms with E-state index in [9.17, 15) is 0 Å². The molecule has 1 atom stereocenters. The Hall–Kier alpha value is -1.64. The highest BCUT2D eigenvalue weighted by atomic mass is 16.5. The fourth-order valence-electron chi connectivity index (χ4n) is 3.58. The molecule has 3 rings (SSSR count). The average Bonchev–Trinajstić information content (AvgIpc) is 3.15. The average molecular weight is 364 g/mol. The van der Waals surface area contributed by atoms with Crippen molar-refractivity contribution in [2.45, 2.75) is 19.5 Å². The third kappa shape index (κ3) is 5.18. The van der Waals surface area contributed by atoms with E-state index in [1.165, 1.54) is 0 Å². The van der Waals surface area contributed by atoms with Crippen molar-refractivity contribution in [3.05, 3.63) is 18.0 Å². The van der Waals surface area contributed by atoms with E-state index in [0.717, 1.165) is 77.1 Å². The fraction of sp³-hybridized carbons (Fsp3) is 0.778. The molecule has 1 unspecified atom stereocenters. The van der Waals surface area contributed by atoms with E-state index in [2.05, 4.69) is 51.1 Å². The molecule has 1 N–H and O–H groups in total. The minimum absolute atomic E-state index is 0.496. The number of aliphatic imine (C=N–C) groups is 1. The van der Waals surface area contributed by atoms with Crippen LogP contribution in [0.5, 0.6) is 0 Å². The highest BCUT2D eigenvalue weighted by Gasteiger charge is 2.24. The Kier molecular flexibility index (Phi) is 6.87. The predicted octanol–water partition coefficient (Wildman–Crippen LogP) is 0.00350. The summed E-state index contributed by atoms with van der Waals surface area (Å²) >= 11 is 0. The van der Waals surface area contributed by atoms with Gasteiger partial charge in [0.1, 0.15) is 6.26 Å². The Morgan fingerprint density at radius 1 is 1.23 bits per heavy atom. The number of piperazine rings is 2. The van der Waals surface area contributed by atoms with Crippen LogP contribution in [0, 0.1) is 0 Å². The number of hydrogen-bond acceptors (Lipinski definition) is 6. The lowest BCUT2D eigenvalue weighted by Gasteiger charge is -2.38. The third-order valence-corrected chi connectivity index (χ3v) is 5.32. The van der Waals surface area contributed by atoms with Gasteiger partial charge in [0.25, 0.3) is 0 Å². The van der Waals surface area contributed by atoms with Gasteiger partial charge in [-0.25, -0.2) is 0 Å². The van der Waals surface area contributed by atoms with Gasteiger partial charge in [0.15, 0.2) is 5.96 Å². The summed E-state index contributed by atoms with van der Waals surface area (Å²) in [6.07, 6.45) is 1.64. The van der Waals surface area contributed by atoms with Crippen molar-refractivity contribution >= 4 is 5.96 Å². The van der Waals surface area contributed by atoms with E-state index in [4.69, 9.17) is 9.52 Å². The van der Waals surface area contributed by atoms with Crippen molar-refractivity contribution in [3.8, 4) is 0 Å². The summed E-state index contributed by atoms with van der Waals surface area (Å²) in [5.74, 6) is 1.05. The van der Waals surface area contributed by atoms with Crippen molar-refractivity contribution in [1.82, 2.24) is 30.1 Å². The van der Waals surface area contributed by atoms with Gasteiger partial charge in [-0.3, -0.25) is 14.8 Å². The summed E-state index contributed by atoms with van der Waals surface area (Å²) in [6.45, 7) is 12.1. The molecular weight excluding hydrogens is 330 g/mol. The van der Waals surface area contributed by atoms with E-state index in [1.54, 1.807) is 6.26 Å². The summed E-state index contributed by atoms with van der Waals surface area (Å²) in [7, 11) is 4.41. The van der Waals surface area contributed by atoms with Crippen molar-refractivity contribution in [3.63, 3.8) is 0 Å². The standard InChI is InChI=1S/C18H33N7O/c1-4-19-18(20-13-17-15-22(2)6-7-23(17)3)25-10-8-24(9-11-25)14-16-5-12-26-21-16/h5,12,17H,4,6-11,13-15H2,1-3H3,(H,19,20). The first-order valence-corrected chi connectivity index (χ1v) is 9.69. The van der Waals surface area contributed by atoms with Gasteiger partial charge < -0.3 is 19.6 Å². The Morgan fingerprint density at radius 2 is 2.04 bits per heavy atom. The van der Waals surface area contributed by atoms with Gasteiger partial charge in [-0.05, 0) is 21.0 Å². The maximum absolute atomic E-state index is 4.96. The Labute approximate surface area is 156 Å². The molecule has 146 valence electrons. The topological polar surface area (TPSA) is 63.4 Å². The summed E-state index contributed by atoms with van der Waals surface area (Å²) in [5, 5.41) is 7.49. The van der Waals surface area contributed by atoms with Gasteiger partial charge in [0.2, 0.25) is 0 Å². The molecule has 0 amide bonds. The lowest BCUT2D eigenvalue weighted by molar-refractivity contribution is 0.119. The van der Waals surface area contributed by atoms with Crippen LogP contribution >= 0.6 is 0 Å². The highest BCUT2D eigenvalue weighted by molar-refractivity contribution is 5.80. The van der Waals surface area contributed by atoms with Gasteiger partial charge in [-0.1, -0.05) is 5.16 Å². The molecule has 2 aliphatic rings. The molecule has 0 aliphatic carbocycles. The summed E-state index contributed by atoms with van der Waals surface area (Å²) in [4.78, 5) is 14.6. The molecule has 2 saturated heterocycles. The first kappa shape index (κ1) is 19.1. The lowest BCUT2D eigenvalue weighted by atomic mass is 10.2. The van der Waals surface area contributed by atoms with Crippen molar-refractivity contribution in [1.29, 1.82) is 0 Å². The van der Waals surface area contributed by atoms with Crippen LogP contribution in [0.3, 0.4) is 0 Å². The zero-order valence-electron chi connectivity index (χ0n) is 16.4. The van der Waals surface area contributed by atoms with E-state index in [1.807, 2.05) is 6.07 Å². The molecule has 0 spiro atoms. The molecule has 2 aliphatic heterocycles. The minimum Gasteiger partial charge on any atom is -0.364 e. The number of rotatable bonds is 5. The van der Waals surface area contributed by atoms with Gasteiger partial charge >= 0.3 is 0 Å². The monoisotopic (exact) mass is 363 g/mol. The highest BCUT2D eigenvalue weighted by Crippen LogP contribution is 2.09. The molecule has 1 aromatic heterocycles. The number of aromatic nitrogens is 1. The van der Waals surface area contributed by atoms with Crippen molar-refractivity contribution in [2.75, 3.05) is 73.0 Å². The van der Waals surface area contributed by atoms with Crippen LogP contribution < -0.4 is 5.32 Å². The first-order chi connectivity index (χ1) is 12.7. The predicted molar refractivity (Wildman–Crippen MR) is 103 cm³/mol. The zero-order valence-corrected chi connectivity index (χ0v) is 16.4. The number of hydrogen-bond donors (Lipinski definition) is 1. The molecule has 0 bridgehead atoms. The second-order valence-electron chi connectivity index (χ2n) is 7.35. The SMILES string of the molecule is CCNC(=NCC1CN(C)CCN1C)N1CCN(Cc2ccon2)CC1. The van der Waals surface area contributed by atoms with E-state index >= 15 is 0 Å². The smallest absolute Gasteiger partial charge is 0.194 e. The molecule has 0 radical (unpaired) electrons. The summed E-state index contributed by atoms with van der Waals surface area (Å²) in [6, 6.07) is 2.44. The minimum atomic E-state index is 0.496. The Bertz CT molecular complexity index is 554. The molecule has 0 saturated carbocycles. The van der Waals surface area contributed by atoms with Crippen LogP contribution in [-0.2, 0) is 6.54 Å². The molecule has 8 nitrogen and oxygen atoms in total. The van der Waals surface area contributed by atoms with Crippen LogP contribution in [0.2, 0.25) is 0 Å². The molecule has 3 heterocycles. The van der Waals surface area contributed by atoms with E-state index in [0.29, 0.717) is 6.04 Å². The Morgan fingerprint density at radius 3 is 2.73 bits per heavy atom. The fourth-order valence-corrected chi connectivity index (χ4v) is 3.58. The zero-order chi connectivity index (χ0) is 18.4. The maximum atomic E-state index is 4.96. The first-order valence-electron chi connectivity index (χ1n) is 9.69. The second-order valence-corrected chi connectivity index (χ2v) is 7.35. The number of guanidine groups is 1. The maximum Gasteiger partial charge on any atom is 0.194 e. The normalized spacial score (nSPS) is 24.2. The number of nitrogens with zero attached hydrogens (tertiary/aromatic N) is 6. The molecule has 8 heteroatoms. The lowest BCUT2D eigenvalue weighted by Crippen LogP contribution is -2.54. The van der Waals surface area contributed by atoms with Gasteiger partial charge in [-0.2, -0.15) is 0 Å². The third-order valence-electron chi connectivity index (χ3n) is 5.32. The van der Waals surface area contributed by atoms with Crippen LogP contribution in [0.1, 0.15) is 12.6 Å². The van der Waals surface area contributed by atoms with Crippen molar-refractivity contribution in [2.24, 2.45) is 4.99 Å². The number of nitrogens with one attached hydrogen (secondary N) is 1. The number of likely N-dealkylation sites (N-methyl/N-ethyl adjacent to an activating group) is 2.